The molecule has 3 rings (SSSR count). The fourth-order valence-electron chi connectivity index (χ4n) is 3.14. The Morgan fingerprint density at radius 2 is 1.87 bits per heavy atom. The summed E-state index contributed by atoms with van der Waals surface area (Å²) >= 11 is 0. The van der Waals surface area contributed by atoms with E-state index in [2.05, 4.69) is 53.9 Å². The van der Waals surface area contributed by atoms with Gasteiger partial charge in [-0.05, 0) is 40.8 Å². The van der Waals surface area contributed by atoms with Crippen LogP contribution < -0.4 is 0 Å². The smallest absolute Gasteiger partial charge is 0.223 e. The van der Waals surface area contributed by atoms with E-state index < -0.39 is 0 Å². The van der Waals surface area contributed by atoms with Gasteiger partial charge in [0.1, 0.15) is 0 Å². The van der Waals surface area contributed by atoms with E-state index in [1.807, 2.05) is 13.8 Å². The van der Waals surface area contributed by atoms with Gasteiger partial charge in [-0.3, -0.25) is 0 Å². The summed E-state index contributed by atoms with van der Waals surface area (Å²) in [5.74, 6) is 0.989. The molecule has 0 amide bonds. The first-order valence-electron chi connectivity index (χ1n) is 8.39. The first-order valence-corrected chi connectivity index (χ1v) is 8.39. The van der Waals surface area contributed by atoms with Crippen LogP contribution in [-0.2, 0) is 0 Å². The Morgan fingerprint density at radius 1 is 1.17 bits per heavy atom. The molecule has 2 aliphatic rings. The van der Waals surface area contributed by atoms with Gasteiger partial charge in [0.15, 0.2) is 0 Å². The van der Waals surface area contributed by atoms with E-state index in [0.717, 1.165) is 43.5 Å². The second kappa shape index (κ2) is 6.32. The maximum Gasteiger partial charge on any atom is 0.223 e. The van der Waals surface area contributed by atoms with Crippen LogP contribution in [0.4, 0.5) is 5.69 Å². The number of likely N-dealkylation sites (N-methyl/N-ethyl adjacent to an activating group) is 1. The third-order valence-electron chi connectivity index (χ3n) is 4.52. The lowest BCUT2D eigenvalue weighted by Gasteiger charge is -2.41. The molecule has 23 heavy (non-hydrogen) atoms. The molecule has 1 saturated heterocycles. The van der Waals surface area contributed by atoms with E-state index in [1.165, 1.54) is 11.1 Å². The summed E-state index contributed by atoms with van der Waals surface area (Å²) in [5.41, 5.74) is 4.66. The average Bonchev–Trinajstić information content (AvgIpc) is 2.51. The Labute approximate surface area is 139 Å². The number of aliphatic imine (C=N–C) groups is 1. The molecule has 1 aromatic carbocycles. The molecule has 1 unspecified atom stereocenters. The van der Waals surface area contributed by atoms with Crippen LogP contribution in [-0.4, -0.2) is 59.7 Å². The standard InChI is InChI=1S/C18H27N5/c1-13(2)20-23-15(4)16-12-14(3)6-7-17(16)19-18(23)22-10-8-21(5)9-11-22/h6-7,12,15H,8-11H2,1-5H3. The van der Waals surface area contributed by atoms with Gasteiger partial charge < -0.3 is 9.80 Å². The molecule has 0 spiro atoms. The Balaban J connectivity index is 2.02. The average molecular weight is 313 g/mol. The lowest BCUT2D eigenvalue weighted by molar-refractivity contribution is 0.186. The zero-order valence-electron chi connectivity index (χ0n) is 14.9. The number of aryl methyl sites for hydroxylation is 1. The Kier molecular flexibility index (Phi) is 4.39. The monoisotopic (exact) mass is 313 g/mol. The van der Waals surface area contributed by atoms with E-state index in [0.29, 0.717) is 0 Å². The van der Waals surface area contributed by atoms with Gasteiger partial charge in [0.25, 0.3) is 0 Å². The Bertz CT molecular complexity index is 637. The van der Waals surface area contributed by atoms with Gasteiger partial charge >= 0.3 is 0 Å². The van der Waals surface area contributed by atoms with Crippen molar-refractivity contribution in [2.24, 2.45) is 10.1 Å². The molecule has 0 N–H and O–H groups in total. The number of benzene rings is 1. The molecule has 0 radical (unpaired) electrons. The molecule has 5 heteroatoms. The van der Waals surface area contributed by atoms with Crippen molar-refractivity contribution in [3.05, 3.63) is 29.3 Å². The van der Waals surface area contributed by atoms with Crippen molar-refractivity contribution in [2.75, 3.05) is 33.2 Å². The van der Waals surface area contributed by atoms with Gasteiger partial charge in [-0.1, -0.05) is 17.7 Å². The maximum atomic E-state index is 4.96. The number of rotatable bonds is 1. The minimum atomic E-state index is 0.201. The van der Waals surface area contributed by atoms with Crippen LogP contribution in [0.1, 0.15) is 37.9 Å². The summed E-state index contributed by atoms with van der Waals surface area (Å²) < 4.78 is 0. The van der Waals surface area contributed by atoms with E-state index in [9.17, 15) is 0 Å². The molecule has 0 aliphatic carbocycles. The fourth-order valence-corrected chi connectivity index (χ4v) is 3.14. The lowest BCUT2D eigenvalue weighted by Crippen LogP contribution is -2.52. The number of fused-ring (bicyclic) bond motifs is 1. The summed E-state index contributed by atoms with van der Waals surface area (Å²) in [7, 11) is 2.17. The number of hydrogen-bond acceptors (Lipinski definition) is 5. The third-order valence-corrected chi connectivity index (χ3v) is 4.52. The number of guanidine groups is 1. The molecule has 1 aromatic rings. The zero-order chi connectivity index (χ0) is 16.6. The van der Waals surface area contributed by atoms with E-state index in [1.54, 1.807) is 0 Å². The highest BCUT2D eigenvalue weighted by Gasteiger charge is 2.31. The van der Waals surface area contributed by atoms with Crippen LogP contribution >= 0.6 is 0 Å². The SMILES string of the molecule is CC(C)=NN1C(N2CCN(C)CC2)=Nc2ccc(C)cc2C1C. The van der Waals surface area contributed by atoms with Crippen molar-refractivity contribution in [3.8, 4) is 0 Å². The van der Waals surface area contributed by atoms with Gasteiger partial charge in [-0.2, -0.15) is 5.10 Å². The van der Waals surface area contributed by atoms with Gasteiger partial charge in [0.2, 0.25) is 5.96 Å². The first kappa shape index (κ1) is 16.0. The molecule has 0 bridgehead atoms. The first-order chi connectivity index (χ1) is 11.0. The fraction of sp³-hybridized carbons (Fsp3) is 0.556. The highest BCUT2D eigenvalue weighted by Crippen LogP contribution is 2.36. The maximum absolute atomic E-state index is 4.96. The molecule has 0 saturated carbocycles. The zero-order valence-corrected chi connectivity index (χ0v) is 14.9. The molecule has 1 atom stereocenters. The van der Waals surface area contributed by atoms with Gasteiger partial charge in [-0.15, -0.1) is 0 Å². The molecule has 124 valence electrons. The van der Waals surface area contributed by atoms with Crippen molar-refractivity contribution < 1.29 is 0 Å². The number of hydrazone groups is 1. The summed E-state index contributed by atoms with van der Waals surface area (Å²) in [6, 6.07) is 6.71. The minimum absolute atomic E-state index is 0.201. The van der Waals surface area contributed by atoms with Crippen LogP contribution in [0.5, 0.6) is 0 Å². The van der Waals surface area contributed by atoms with Crippen LogP contribution in [0, 0.1) is 6.92 Å². The second-order valence-corrected chi connectivity index (χ2v) is 6.83. The van der Waals surface area contributed by atoms with Gasteiger partial charge in [0.05, 0.1) is 11.7 Å². The normalized spacial score (nSPS) is 21.8. The van der Waals surface area contributed by atoms with E-state index in [4.69, 9.17) is 10.1 Å². The quantitative estimate of drug-likeness (QED) is 0.748. The number of hydrogen-bond donors (Lipinski definition) is 0. The van der Waals surface area contributed by atoms with Crippen LogP contribution in [0.15, 0.2) is 28.3 Å². The lowest BCUT2D eigenvalue weighted by atomic mass is 10.0. The number of nitrogens with zero attached hydrogens (tertiary/aromatic N) is 5. The Hall–Kier alpha value is -1.88. The minimum Gasteiger partial charge on any atom is -0.338 e. The summed E-state index contributed by atoms with van der Waals surface area (Å²) in [5, 5.41) is 6.89. The Morgan fingerprint density at radius 3 is 2.52 bits per heavy atom. The third kappa shape index (κ3) is 3.24. The molecule has 2 aliphatic heterocycles. The van der Waals surface area contributed by atoms with Crippen LogP contribution in [0.2, 0.25) is 0 Å². The largest absolute Gasteiger partial charge is 0.338 e. The van der Waals surface area contributed by atoms with Crippen molar-refractivity contribution in [1.82, 2.24) is 14.8 Å². The summed E-state index contributed by atoms with van der Waals surface area (Å²) in [4.78, 5) is 9.69. The molecular formula is C18H27N5. The molecule has 1 fully saturated rings. The topological polar surface area (TPSA) is 34.4 Å². The van der Waals surface area contributed by atoms with Crippen LogP contribution in [0.25, 0.3) is 0 Å². The molecule has 5 nitrogen and oxygen atoms in total. The van der Waals surface area contributed by atoms with Gasteiger partial charge in [0, 0.05) is 37.5 Å². The number of piperazine rings is 1. The van der Waals surface area contributed by atoms with Crippen molar-refractivity contribution >= 4 is 17.4 Å². The van der Waals surface area contributed by atoms with Gasteiger partial charge in [-0.25, -0.2) is 10.0 Å². The van der Waals surface area contributed by atoms with Crippen molar-refractivity contribution in [1.29, 1.82) is 0 Å². The van der Waals surface area contributed by atoms with Crippen molar-refractivity contribution in [2.45, 2.75) is 33.7 Å². The molecule has 0 aromatic heterocycles. The predicted molar refractivity (Wildman–Crippen MR) is 96.4 cm³/mol. The van der Waals surface area contributed by atoms with Crippen LogP contribution in [0.3, 0.4) is 0 Å². The predicted octanol–water partition coefficient (Wildman–Crippen LogP) is 3.00. The molecule has 2 heterocycles. The highest BCUT2D eigenvalue weighted by atomic mass is 15.6. The summed E-state index contributed by atoms with van der Waals surface area (Å²) in [6.07, 6.45) is 0. The second-order valence-electron chi connectivity index (χ2n) is 6.83. The molecular weight excluding hydrogens is 286 g/mol. The highest BCUT2D eigenvalue weighted by molar-refractivity contribution is 5.88. The van der Waals surface area contributed by atoms with E-state index >= 15 is 0 Å². The van der Waals surface area contributed by atoms with E-state index in [-0.39, 0.29) is 6.04 Å². The summed E-state index contributed by atoms with van der Waals surface area (Å²) in [6.45, 7) is 12.6. The van der Waals surface area contributed by atoms with Crippen molar-refractivity contribution in [3.63, 3.8) is 0 Å².